The van der Waals surface area contributed by atoms with Crippen molar-refractivity contribution in [3.05, 3.63) is 29.0 Å². The second-order valence-corrected chi connectivity index (χ2v) is 4.34. The standard InChI is InChI=1S/C12H14N2.C2H6/c1-7-5-11-10(6-13-14-11)8(2)12(7)9-3-4-9;1-2/h5-6,9H,3-4H2,1-2H3,(H,13,14);1-2H3. The molecule has 0 aliphatic heterocycles. The molecule has 2 aromatic rings. The molecule has 0 radical (unpaired) electrons. The average molecular weight is 216 g/mol. The molecule has 1 fully saturated rings. The summed E-state index contributed by atoms with van der Waals surface area (Å²) in [5.41, 5.74) is 5.58. The predicted molar refractivity (Wildman–Crippen MR) is 68.9 cm³/mol. The topological polar surface area (TPSA) is 28.7 Å². The Labute approximate surface area is 97.1 Å². The van der Waals surface area contributed by atoms with Gasteiger partial charge in [-0.2, -0.15) is 5.10 Å². The molecule has 16 heavy (non-hydrogen) atoms. The fourth-order valence-electron chi connectivity index (χ4n) is 2.44. The van der Waals surface area contributed by atoms with Gasteiger partial charge in [-0.05, 0) is 55.4 Å². The van der Waals surface area contributed by atoms with Crippen LogP contribution < -0.4 is 0 Å². The van der Waals surface area contributed by atoms with Crippen LogP contribution in [0.3, 0.4) is 0 Å². The fraction of sp³-hybridized carbons (Fsp3) is 0.500. The van der Waals surface area contributed by atoms with E-state index >= 15 is 0 Å². The smallest absolute Gasteiger partial charge is 0.0655 e. The zero-order chi connectivity index (χ0) is 11.7. The van der Waals surface area contributed by atoms with E-state index in [-0.39, 0.29) is 0 Å². The molecule has 1 aliphatic rings. The molecule has 0 bridgehead atoms. The Morgan fingerprint density at radius 2 is 1.94 bits per heavy atom. The van der Waals surface area contributed by atoms with Crippen LogP contribution in [-0.2, 0) is 0 Å². The van der Waals surface area contributed by atoms with Crippen molar-refractivity contribution in [2.75, 3.05) is 0 Å². The van der Waals surface area contributed by atoms with Gasteiger partial charge in [0.05, 0.1) is 11.7 Å². The second-order valence-electron chi connectivity index (χ2n) is 4.34. The third kappa shape index (κ3) is 1.73. The molecule has 86 valence electrons. The molecule has 1 aromatic heterocycles. The number of aromatic nitrogens is 2. The van der Waals surface area contributed by atoms with Crippen molar-refractivity contribution in [3.63, 3.8) is 0 Å². The number of hydrogen-bond acceptors (Lipinski definition) is 1. The van der Waals surface area contributed by atoms with Gasteiger partial charge in [-0.25, -0.2) is 0 Å². The minimum atomic E-state index is 0.828. The van der Waals surface area contributed by atoms with Gasteiger partial charge in [0.15, 0.2) is 0 Å². The number of nitrogens with one attached hydrogen (secondary N) is 1. The summed E-state index contributed by atoms with van der Waals surface area (Å²) in [6, 6.07) is 2.23. The van der Waals surface area contributed by atoms with Crippen LogP contribution in [0.4, 0.5) is 0 Å². The highest BCUT2D eigenvalue weighted by atomic mass is 15.1. The van der Waals surface area contributed by atoms with Gasteiger partial charge in [-0.15, -0.1) is 0 Å². The van der Waals surface area contributed by atoms with Crippen molar-refractivity contribution >= 4 is 10.9 Å². The second kappa shape index (κ2) is 4.28. The van der Waals surface area contributed by atoms with Crippen LogP contribution in [0.25, 0.3) is 10.9 Å². The Bertz CT molecular complexity index is 493. The van der Waals surface area contributed by atoms with E-state index in [1.54, 1.807) is 5.56 Å². The summed E-state index contributed by atoms with van der Waals surface area (Å²) < 4.78 is 0. The van der Waals surface area contributed by atoms with E-state index in [4.69, 9.17) is 0 Å². The zero-order valence-corrected chi connectivity index (χ0v) is 10.6. The number of benzene rings is 1. The normalized spacial score (nSPS) is 14.8. The lowest BCUT2D eigenvalue weighted by Gasteiger charge is -2.09. The molecule has 1 heterocycles. The molecule has 1 aromatic carbocycles. The van der Waals surface area contributed by atoms with Crippen LogP contribution in [0.15, 0.2) is 12.3 Å². The third-order valence-corrected chi connectivity index (χ3v) is 3.25. The largest absolute Gasteiger partial charge is 0.278 e. The van der Waals surface area contributed by atoms with E-state index in [0.29, 0.717) is 0 Å². The first-order chi connectivity index (χ1) is 7.77. The highest BCUT2D eigenvalue weighted by Gasteiger charge is 2.27. The molecule has 0 atom stereocenters. The maximum Gasteiger partial charge on any atom is 0.0655 e. The summed E-state index contributed by atoms with van der Waals surface area (Å²) in [5.74, 6) is 0.828. The Morgan fingerprint density at radius 1 is 1.25 bits per heavy atom. The number of H-pyrrole nitrogens is 1. The van der Waals surface area contributed by atoms with Crippen molar-refractivity contribution in [2.45, 2.75) is 46.5 Å². The first-order valence-corrected chi connectivity index (χ1v) is 6.20. The van der Waals surface area contributed by atoms with Crippen molar-refractivity contribution in [3.8, 4) is 0 Å². The first kappa shape index (κ1) is 11.2. The van der Waals surface area contributed by atoms with Gasteiger partial charge in [0.2, 0.25) is 0 Å². The summed E-state index contributed by atoms with van der Waals surface area (Å²) in [6.45, 7) is 8.43. The molecule has 0 saturated heterocycles. The number of rotatable bonds is 1. The Balaban J connectivity index is 0.000000457. The number of fused-ring (bicyclic) bond motifs is 1. The van der Waals surface area contributed by atoms with E-state index in [1.165, 1.54) is 34.9 Å². The van der Waals surface area contributed by atoms with E-state index in [2.05, 4.69) is 30.1 Å². The molecule has 1 saturated carbocycles. The van der Waals surface area contributed by atoms with Crippen LogP contribution in [-0.4, -0.2) is 10.2 Å². The molecule has 0 spiro atoms. The molecule has 3 rings (SSSR count). The summed E-state index contributed by atoms with van der Waals surface area (Å²) in [7, 11) is 0. The quantitative estimate of drug-likeness (QED) is 0.764. The number of aromatic amines is 1. The Morgan fingerprint density at radius 3 is 2.56 bits per heavy atom. The van der Waals surface area contributed by atoms with Gasteiger partial charge in [-0.1, -0.05) is 13.8 Å². The first-order valence-electron chi connectivity index (χ1n) is 6.20. The van der Waals surface area contributed by atoms with Crippen molar-refractivity contribution in [1.29, 1.82) is 0 Å². The monoisotopic (exact) mass is 216 g/mol. The maximum absolute atomic E-state index is 4.10. The summed E-state index contributed by atoms with van der Waals surface area (Å²) in [5, 5.41) is 8.43. The Kier molecular flexibility index (Phi) is 2.99. The minimum absolute atomic E-state index is 0.828. The summed E-state index contributed by atoms with van der Waals surface area (Å²) >= 11 is 0. The lowest BCUT2D eigenvalue weighted by atomic mass is 9.96. The summed E-state index contributed by atoms with van der Waals surface area (Å²) in [6.07, 6.45) is 4.67. The van der Waals surface area contributed by atoms with E-state index in [1.807, 2.05) is 20.0 Å². The fourth-order valence-corrected chi connectivity index (χ4v) is 2.44. The molecular weight excluding hydrogens is 196 g/mol. The third-order valence-electron chi connectivity index (χ3n) is 3.25. The number of aryl methyl sites for hydroxylation is 2. The molecule has 2 heteroatoms. The molecule has 1 aliphatic carbocycles. The molecule has 1 N–H and O–H groups in total. The zero-order valence-electron chi connectivity index (χ0n) is 10.6. The maximum atomic E-state index is 4.10. The van der Waals surface area contributed by atoms with Crippen molar-refractivity contribution < 1.29 is 0 Å². The van der Waals surface area contributed by atoms with Gasteiger partial charge in [0.25, 0.3) is 0 Å². The van der Waals surface area contributed by atoms with Crippen LogP contribution in [0.1, 0.15) is 49.3 Å². The van der Waals surface area contributed by atoms with E-state index in [0.717, 1.165) is 5.92 Å². The van der Waals surface area contributed by atoms with Crippen LogP contribution in [0, 0.1) is 13.8 Å². The molecular formula is C14H20N2. The molecule has 2 nitrogen and oxygen atoms in total. The van der Waals surface area contributed by atoms with Gasteiger partial charge in [-0.3, -0.25) is 5.10 Å². The highest BCUT2D eigenvalue weighted by molar-refractivity contribution is 5.84. The number of nitrogens with zero attached hydrogens (tertiary/aromatic N) is 1. The SMILES string of the molecule is CC.Cc1cc2[nH]ncc2c(C)c1C1CC1. The van der Waals surface area contributed by atoms with E-state index < -0.39 is 0 Å². The lowest BCUT2D eigenvalue weighted by molar-refractivity contribution is 1.08. The van der Waals surface area contributed by atoms with Crippen LogP contribution in [0.5, 0.6) is 0 Å². The number of hydrogen-bond donors (Lipinski definition) is 1. The van der Waals surface area contributed by atoms with E-state index in [9.17, 15) is 0 Å². The van der Waals surface area contributed by atoms with Gasteiger partial charge >= 0.3 is 0 Å². The predicted octanol–water partition coefficient (Wildman–Crippen LogP) is 4.08. The summed E-state index contributed by atoms with van der Waals surface area (Å²) in [4.78, 5) is 0. The van der Waals surface area contributed by atoms with Crippen LogP contribution >= 0.6 is 0 Å². The van der Waals surface area contributed by atoms with Crippen molar-refractivity contribution in [2.24, 2.45) is 0 Å². The lowest BCUT2D eigenvalue weighted by Crippen LogP contribution is -1.91. The van der Waals surface area contributed by atoms with Crippen molar-refractivity contribution in [1.82, 2.24) is 10.2 Å². The van der Waals surface area contributed by atoms with Crippen LogP contribution in [0.2, 0.25) is 0 Å². The molecule has 0 unspecified atom stereocenters. The Hall–Kier alpha value is -1.31. The average Bonchev–Trinajstić information content (AvgIpc) is 3.00. The van der Waals surface area contributed by atoms with Gasteiger partial charge < -0.3 is 0 Å². The molecule has 0 amide bonds. The van der Waals surface area contributed by atoms with Gasteiger partial charge in [0.1, 0.15) is 0 Å². The van der Waals surface area contributed by atoms with Gasteiger partial charge in [0, 0.05) is 5.39 Å². The minimum Gasteiger partial charge on any atom is -0.278 e. The highest BCUT2D eigenvalue weighted by Crippen LogP contribution is 2.44.